The number of amides is 4. The van der Waals surface area contributed by atoms with Crippen molar-refractivity contribution in [2.75, 3.05) is 20.2 Å². The molecule has 0 unspecified atom stereocenters. The molecule has 3 saturated heterocycles. The number of methoxy groups -OCH3 is 1. The van der Waals surface area contributed by atoms with E-state index in [9.17, 15) is 37.1 Å². The summed E-state index contributed by atoms with van der Waals surface area (Å²) >= 11 is 0. The van der Waals surface area contributed by atoms with Crippen LogP contribution in [0.2, 0.25) is 0 Å². The van der Waals surface area contributed by atoms with Crippen molar-refractivity contribution in [3.63, 3.8) is 0 Å². The largest absolute Gasteiger partial charge is 1.00 e. The van der Waals surface area contributed by atoms with Crippen LogP contribution in [0.3, 0.4) is 0 Å². The predicted octanol–water partition coefficient (Wildman–Crippen LogP) is 0.846. The molecule has 0 bridgehead atoms. The number of halogens is 3. The third-order valence-electron chi connectivity index (χ3n) is 7.92. The predicted molar refractivity (Wildman–Crippen MR) is 256 cm³/mol. The van der Waals surface area contributed by atoms with E-state index in [1.807, 2.05) is 53.4 Å². The van der Waals surface area contributed by atoms with Gasteiger partial charge in [0.05, 0.1) is 25.2 Å². The summed E-state index contributed by atoms with van der Waals surface area (Å²) in [7, 11) is 1.34. The number of carboxylic acid groups (broad SMARTS) is 1. The van der Waals surface area contributed by atoms with Gasteiger partial charge in [-0.15, -0.1) is 0 Å². The summed E-state index contributed by atoms with van der Waals surface area (Å²) in [6, 6.07) is -2.27. The van der Waals surface area contributed by atoms with E-state index in [0.29, 0.717) is 13.0 Å². The van der Waals surface area contributed by atoms with Gasteiger partial charge in [-0.25, -0.2) is 9.59 Å². The van der Waals surface area contributed by atoms with E-state index >= 15 is 0 Å². The van der Waals surface area contributed by atoms with Crippen molar-refractivity contribution in [1.29, 1.82) is 0 Å². The molecule has 61 heavy (non-hydrogen) atoms. The number of likely N-dealkylation sites (tertiary alicyclic amines) is 1. The fourth-order valence-electron chi connectivity index (χ4n) is 6.10. The Morgan fingerprint density at radius 3 is 1.67 bits per heavy atom. The molecule has 26 heteroatoms. The molecule has 3 aliphatic heterocycles. The van der Waals surface area contributed by atoms with Crippen LogP contribution in [0.4, 0.5) is 18.0 Å². The number of nitrogens with zero attached hydrogens (tertiary/aromatic N) is 2. The monoisotopic (exact) mass is 1010 g/mol. The second kappa shape index (κ2) is 33.8. The van der Waals surface area contributed by atoms with Crippen LogP contribution in [0.1, 0.15) is 109 Å². The Morgan fingerprint density at radius 1 is 0.836 bits per heavy atom. The van der Waals surface area contributed by atoms with Crippen LogP contribution in [-0.4, -0.2) is 135 Å². The Balaban J connectivity index is -0.000000100. The number of aliphatic carboxylic acids is 1. The van der Waals surface area contributed by atoms with Gasteiger partial charge < -0.3 is 41.3 Å². The Morgan fingerprint density at radius 2 is 1.28 bits per heavy atom. The summed E-state index contributed by atoms with van der Waals surface area (Å²) in [4.78, 5) is 74.4. The molecule has 4 amide bonds. The zero-order valence-electron chi connectivity index (χ0n) is 36.9. The van der Waals surface area contributed by atoms with Crippen LogP contribution in [-0.2, 0) is 33.4 Å². The van der Waals surface area contributed by atoms with Crippen LogP contribution in [0, 0.1) is 0 Å². The summed E-state index contributed by atoms with van der Waals surface area (Å²) in [5, 5.41) is 18.8. The van der Waals surface area contributed by atoms with Crippen molar-refractivity contribution in [3.05, 3.63) is 0 Å². The minimum absolute atomic E-state index is 0. The first kappa shape index (κ1) is 80.7. The molecule has 0 aromatic heterocycles. The SMILES string of the molecule is C.COC(=O)[C@@H]1CCCN1[C@H](C(=O)NC(C)(C)C)[C@H](C)NC(=O)OC(C)(C)C.C[C@@H]1NC(=O)[C@@H]2CCCN2[C@@H]1C(=O)NC(C)(C)C.O=C(O)C(F)(F)F.S.S.S.S.S.S.[Na+].[OH-]. The van der Waals surface area contributed by atoms with Crippen LogP contribution >= 0.6 is 81.0 Å². The number of hydrogen-bond donors (Lipinski definition) is 5. The van der Waals surface area contributed by atoms with E-state index in [1.165, 1.54) is 7.11 Å². The number of alkyl halides is 3. The molecule has 3 fully saturated rings. The number of rotatable bonds is 6. The van der Waals surface area contributed by atoms with Crippen LogP contribution in [0.5, 0.6) is 0 Å². The Hall–Kier alpha value is -0.610. The maximum absolute atomic E-state index is 13.0. The summed E-state index contributed by atoms with van der Waals surface area (Å²) in [6.45, 7) is 21.9. The van der Waals surface area contributed by atoms with Gasteiger partial charge >= 0.3 is 53.8 Å². The van der Waals surface area contributed by atoms with E-state index in [4.69, 9.17) is 19.4 Å². The average molecular weight is 1010 g/mol. The molecule has 364 valence electrons. The van der Waals surface area contributed by atoms with Gasteiger partial charge in [-0.05, 0) is 115 Å². The number of hydrogen-bond acceptors (Lipinski definition) is 11. The van der Waals surface area contributed by atoms with Crippen molar-refractivity contribution in [2.24, 2.45) is 0 Å². The van der Waals surface area contributed by atoms with Gasteiger partial charge in [0.1, 0.15) is 23.7 Å². The Kier molecular flexibility index (Phi) is 44.7. The van der Waals surface area contributed by atoms with Crippen molar-refractivity contribution < 1.29 is 91.6 Å². The fraction of sp³-hybridized carbons (Fsp3) is 0.829. The third kappa shape index (κ3) is 28.8. The summed E-state index contributed by atoms with van der Waals surface area (Å²) < 4.78 is 41.9. The Bertz CT molecular complexity index is 1320. The molecular weight excluding hydrogens is 937 g/mol. The molecule has 0 aromatic carbocycles. The van der Waals surface area contributed by atoms with Crippen molar-refractivity contribution in [2.45, 2.75) is 168 Å². The van der Waals surface area contributed by atoms with Gasteiger partial charge in [-0.3, -0.25) is 29.0 Å². The van der Waals surface area contributed by atoms with Crippen LogP contribution in [0.25, 0.3) is 0 Å². The minimum Gasteiger partial charge on any atom is -0.870 e. The summed E-state index contributed by atoms with van der Waals surface area (Å²) in [6.07, 6.45) is -2.44. The van der Waals surface area contributed by atoms with E-state index in [0.717, 1.165) is 25.8 Å². The van der Waals surface area contributed by atoms with Gasteiger partial charge in [-0.1, -0.05) is 7.43 Å². The zero-order valence-corrected chi connectivity index (χ0v) is 44.9. The molecule has 6 atom stereocenters. The van der Waals surface area contributed by atoms with Gasteiger partial charge in [0, 0.05) is 11.1 Å². The molecule has 3 aliphatic rings. The zero-order chi connectivity index (χ0) is 40.6. The number of piperazine rings is 1. The van der Waals surface area contributed by atoms with Crippen LogP contribution in [0.15, 0.2) is 0 Å². The van der Waals surface area contributed by atoms with E-state index < -0.39 is 47.5 Å². The molecule has 0 saturated carbocycles. The maximum Gasteiger partial charge on any atom is 1.00 e. The van der Waals surface area contributed by atoms with Crippen molar-refractivity contribution in [3.8, 4) is 0 Å². The number of carbonyl (C=O) groups excluding carboxylic acids is 5. The second-order valence-corrected chi connectivity index (χ2v) is 16.2. The van der Waals surface area contributed by atoms with Crippen LogP contribution < -0.4 is 50.8 Å². The van der Waals surface area contributed by atoms with Gasteiger partial charge in [0.15, 0.2) is 0 Å². The number of carbonyl (C=O) groups is 6. The normalized spacial score (nSPS) is 20.1. The first-order valence-corrected chi connectivity index (χ1v) is 17.3. The van der Waals surface area contributed by atoms with E-state index in [-0.39, 0.29) is 171 Å². The molecule has 6 N–H and O–H groups in total. The summed E-state index contributed by atoms with van der Waals surface area (Å²) in [5.74, 6) is -3.29. The van der Waals surface area contributed by atoms with E-state index in [2.05, 4.69) is 26.2 Å². The quantitative estimate of drug-likeness (QED) is 0.185. The molecular formula is C35H76F3N6NaO10S6. The van der Waals surface area contributed by atoms with Crippen molar-refractivity contribution >= 4 is 117 Å². The number of esters is 1. The topological polar surface area (TPSA) is 226 Å². The molecule has 16 nitrogen and oxygen atoms in total. The summed E-state index contributed by atoms with van der Waals surface area (Å²) in [5.41, 5.74) is -1.33. The number of ether oxygens (including phenoxy) is 2. The molecule has 3 heterocycles. The standard InChI is InChI=1S/C19H35N3O5.C13H23N3O2.C2HF3O2.CH4.Na.H2O.6H2S/c1-12(20-17(25)27-19(5,6)7)14(15(23)21-18(2,3)4)22-11-9-10-13(22)16(24)26-8;1-8-10(12(18)15-13(2,3)4)16-7-5-6-9(16)11(17)14-8;3-2(4,5)1(6)7;;;;;;;;;/h12-14H,9-11H2,1-8H3,(H,20,25)(H,21,23);8-10H,5-7H2,1-4H3,(H,14,17)(H,15,18);(H,6,7);1H4;;7*1H2/q;;;;+1;;;;;;;/p-1/t12-,13-,14-;8-,9-,10-;;;;;;;;;;/m00........../s1. The average Bonchev–Trinajstić information content (AvgIpc) is 3.60. The molecule has 0 aliphatic carbocycles. The van der Waals surface area contributed by atoms with E-state index in [1.54, 1.807) is 27.7 Å². The first-order chi connectivity index (χ1) is 23.5. The maximum atomic E-state index is 13.0. The minimum atomic E-state index is -5.08. The number of nitrogens with one attached hydrogen (secondary N) is 4. The molecule has 0 radical (unpaired) electrons. The smallest absolute Gasteiger partial charge is 0.870 e. The number of carboxylic acids is 1. The van der Waals surface area contributed by atoms with Gasteiger partial charge in [0.2, 0.25) is 17.7 Å². The fourth-order valence-corrected chi connectivity index (χ4v) is 6.10. The molecule has 0 aromatic rings. The molecule has 0 spiro atoms. The van der Waals surface area contributed by atoms with Gasteiger partial charge in [0.25, 0.3) is 0 Å². The second-order valence-electron chi connectivity index (χ2n) is 16.2. The van der Waals surface area contributed by atoms with Crippen molar-refractivity contribution in [1.82, 2.24) is 31.1 Å². The van der Waals surface area contributed by atoms with Gasteiger partial charge in [-0.2, -0.15) is 94.1 Å². The number of fused-ring (bicyclic) bond motifs is 1. The first-order valence-electron chi connectivity index (χ1n) is 17.3. The number of alkyl carbamates (subject to hydrolysis) is 1. The Labute approximate surface area is 424 Å². The molecule has 3 rings (SSSR count). The third-order valence-corrected chi connectivity index (χ3v) is 7.92.